The molecule has 2 fully saturated rings. The predicted molar refractivity (Wildman–Crippen MR) is 115 cm³/mol. The van der Waals surface area contributed by atoms with Crippen molar-refractivity contribution in [2.45, 2.75) is 66.0 Å². The number of carbonyl (C=O) groups is 2. The highest BCUT2D eigenvalue weighted by Crippen LogP contribution is 2.52. The lowest BCUT2D eigenvalue weighted by Gasteiger charge is -2.58. The van der Waals surface area contributed by atoms with Crippen LogP contribution in [0.25, 0.3) is 0 Å². The van der Waals surface area contributed by atoms with Gasteiger partial charge < -0.3 is 15.4 Å². The SMILES string of the molecule is Cc1cc(NC(=O)C2CC3(C2)CN(CC(=O)NC(C)(C)C)C3)ccc1OC(C)C. The van der Waals surface area contributed by atoms with E-state index in [9.17, 15) is 9.59 Å². The Kier molecular flexibility index (Phi) is 5.95. The molecule has 0 bridgehead atoms. The largest absolute Gasteiger partial charge is 0.491 e. The molecule has 0 atom stereocenters. The molecule has 1 heterocycles. The third kappa shape index (κ3) is 5.50. The molecule has 2 aliphatic rings. The van der Waals surface area contributed by atoms with Gasteiger partial charge in [-0.25, -0.2) is 0 Å². The van der Waals surface area contributed by atoms with Crippen molar-refractivity contribution in [3.05, 3.63) is 23.8 Å². The highest BCUT2D eigenvalue weighted by Gasteiger charge is 2.54. The molecule has 1 saturated carbocycles. The van der Waals surface area contributed by atoms with Gasteiger partial charge in [0.25, 0.3) is 0 Å². The van der Waals surface area contributed by atoms with Crippen LogP contribution < -0.4 is 15.4 Å². The van der Waals surface area contributed by atoms with Crippen molar-refractivity contribution in [3.8, 4) is 5.75 Å². The smallest absolute Gasteiger partial charge is 0.234 e. The number of rotatable bonds is 6. The first-order valence-electron chi connectivity index (χ1n) is 10.6. The second kappa shape index (κ2) is 7.98. The number of nitrogens with zero attached hydrogens (tertiary/aromatic N) is 1. The molecule has 0 aromatic heterocycles. The predicted octanol–water partition coefficient (Wildman–Crippen LogP) is 3.35. The summed E-state index contributed by atoms with van der Waals surface area (Å²) in [5.41, 5.74) is 1.87. The Bertz CT molecular complexity index is 768. The first kappa shape index (κ1) is 21.6. The third-order valence-corrected chi connectivity index (χ3v) is 5.53. The topological polar surface area (TPSA) is 70.7 Å². The summed E-state index contributed by atoms with van der Waals surface area (Å²) in [6, 6.07) is 5.78. The Labute approximate surface area is 174 Å². The second-order valence-electron chi connectivity index (χ2n) is 10.2. The minimum Gasteiger partial charge on any atom is -0.491 e. The number of hydrogen-bond donors (Lipinski definition) is 2. The molecule has 2 amide bonds. The minimum atomic E-state index is -0.198. The van der Waals surface area contributed by atoms with Crippen LogP contribution in [0.2, 0.25) is 0 Å². The van der Waals surface area contributed by atoms with E-state index in [4.69, 9.17) is 4.74 Å². The number of nitrogens with one attached hydrogen (secondary N) is 2. The van der Waals surface area contributed by atoms with E-state index in [1.54, 1.807) is 0 Å². The lowest BCUT2D eigenvalue weighted by molar-refractivity contribution is -0.144. The number of anilines is 1. The van der Waals surface area contributed by atoms with E-state index in [-0.39, 0.29) is 34.8 Å². The summed E-state index contributed by atoms with van der Waals surface area (Å²) < 4.78 is 5.75. The summed E-state index contributed by atoms with van der Waals surface area (Å²) in [6.07, 6.45) is 1.94. The highest BCUT2D eigenvalue weighted by atomic mass is 16.5. The molecule has 2 N–H and O–H groups in total. The second-order valence-corrected chi connectivity index (χ2v) is 10.2. The number of benzene rings is 1. The van der Waals surface area contributed by atoms with Gasteiger partial charge in [0, 0.05) is 30.2 Å². The molecular formula is C23H35N3O3. The van der Waals surface area contributed by atoms with Crippen molar-refractivity contribution >= 4 is 17.5 Å². The zero-order valence-electron chi connectivity index (χ0n) is 18.6. The van der Waals surface area contributed by atoms with Crippen LogP contribution in [-0.4, -0.2) is 48.0 Å². The van der Waals surface area contributed by atoms with E-state index >= 15 is 0 Å². The first-order valence-corrected chi connectivity index (χ1v) is 10.6. The number of hydrogen-bond acceptors (Lipinski definition) is 4. The molecule has 0 unspecified atom stereocenters. The molecule has 1 saturated heterocycles. The fourth-order valence-electron chi connectivity index (χ4n) is 4.46. The summed E-state index contributed by atoms with van der Waals surface area (Å²) in [6.45, 7) is 14.2. The number of amides is 2. The Hall–Kier alpha value is -2.08. The van der Waals surface area contributed by atoms with Crippen LogP contribution in [0.5, 0.6) is 5.75 Å². The van der Waals surface area contributed by atoms with Gasteiger partial charge in [0.2, 0.25) is 11.8 Å². The fraction of sp³-hybridized carbons (Fsp3) is 0.652. The number of carbonyl (C=O) groups excluding carboxylic acids is 2. The van der Waals surface area contributed by atoms with Crippen LogP contribution in [0, 0.1) is 18.3 Å². The zero-order chi connectivity index (χ0) is 21.4. The fourth-order valence-corrected chi connectivity index (χ4v) is 4.46. The van der Waals surface area contributed by atoms with E-state index < -0.39 is 0 Å². The van der Waals surface area contributed by atoms with Gasteiger partial charge in [0.1, 0.15) is 5.75 Å². The van der Waals surface area contributed by atoms with E-state index in [0.29, 0.717) is 6.54 Å². The van der Waals surface area contributed by atoms with E-state index in [1.165, 1.54) is 0 Å². The van der Waals surface area contributed by atoms with Crippen molar-refractivity contribution in [2.24, 2.45) is 11.3 Å². The van der Waals surface area contributed by atoms with Gasteiger partial charge >= 0.3 is 0 Å². The number of ether oxygens (including phenoxy) is 1. The molecular weight excluding hydrogens is 366 g/mol. The summed E-state index contributed by atoms with van der Waals surface area (Å²) >= 11 is 0. The van der Waals surface area contributed by atoms with Crippen molar-refractivity contribution in [1.82, 2.24) is 10.2 Å². The number of likely N-dealkylation sites (tertiary alicyclic amines) is 1. The van der Waals surface area contributed by atoms with Crippen molar-refractivity contribution in [2.75, 3.05) is 25.0 Å². The van der Waals surface area contributed by atoms with Crippen molar-refractivity contribution in [3.63, 3.8) is 0 Å². The van der Waals surface area contributed by atoms with Crippen LogP contribution in [0.4, 0.5) is 5.69 Å². The van der Waals surface area contributed by atoms with E-state index in [2.05, 4.69) is 15.5 Å². The molecule has 0 radical (unpaired) electrons. The van der Waals surface area contributed by atoms with Crippen molar-refractivity contribution < 1.29 is 14.3 Å². The molecule has 29 heavy (non-hydrogen) atoms. The van der Waals surface area contributed by atoms with Crippen LogP contribution in [0.15, 0.2) is 18.2 Å². The summed E-state index contributed by atoms with van der Waals surface area (Å²) in [7, 11) is 0. The molecule has 1 aromatic rings. The van der Waals surface area contributed by atoms with Crippen LogP contribution >= 0.6 is 0 Å². The lowest BCUT2D eigenvalue weighted by Crippen LogP contribution is -2.65. The zero-order valence-corrected chi connectivity index (χ0v) is 18.6. The maximum atomic E-state index is 12.6. The van der Waals surface area contributed by atoms with Gasteiger partial charge in [-0.1, -0.05) is 0 Å². The molecule has 6 heteroatoms. The summed E-state index contributed by atoms with van der Waals surface area (Å²) in [5.74, 6) is 1.08. The summed E-state index contributed by atoms with van der Waals surface area (Å²) in [5, 5.41) is 6.05. The first-order chi connectivity index (χ1) is 13.4. The molecule has 1 aliphatic heterocycles. The monoisotopic (exact) mass is 401 g/mol. The van der Waals surface area contributed by atoms with Crippen LogP contribution in [0.3, 0.4) is 0 Å². The quantitative estimate of drug-likeness (QED) is 0.767. The Morgan fingerprint density at radius 2 is 1.90 bits per heavy atom. The Morgan fingerprint density at radius 1 is 1.24 bits per heavy atom. The van der Waals surface area contributed by atoms with Gasteiger partial charge in [-0.15, -0.1) is 0 Å². The van der Waals surface area contributed by atoms with E-state index in [0.717, 1.165) is 42.9 Å². The standard InChI is InChI=1S/C23H35N3O3/c1-15(2)29-19-8-7-18(9-16(19)3)24-21(28)17-10-23(11-17)13-26(14-23)12-20(27)25-22(4,5)6/h7-9,15,17H,10-14H2,1-6H3,(H,24,28)(H,25,27). The van der Waals surface area contributed by atoms with Gasteiger partial charge in [-0.05, 0) is 83.6 Å². The van der Waals surface area contributed by atoms with Gasteiger partial charge in [0.05, 0.1) is 12.6 Å². The maximum absolute atomic E-state index is 12.6. The average molecular weight is 402 g/mol. The molecule has 6 nitrogen and oxygen atoms in total. The van der Waals surface area contributed by atoms with Crippen molar-refractivity contribution in [1.29, 1.82) is 0 Å². The Balaban J connectivity index is 1.42. The maximum Gasteiger partial charge on any atom is 0.234 e. The van der Waals surface area contributed by atoms with Gasteiger partial charge in [-0.3, -0.25) is 14.5 Å². The minimum absolute atomic E-state index is 0.0625. The highest BCUT2D eigenvalue weighted by molar-refractivity contribution is 5.93. The third-order valence-electron chi connectivity index (χ3n) is 5.53. The Morgan fingerprint density at radius 3 is 2.45 bits per heavy atom. The molecule has 3 rings (SSSR count). The van der Waals surface area contributed by atoms with Crippen LogP contribution in [0.1, 0.15) is 53.0 Å². The van der Waals surface area contributed by atoms with E-state index in [1.807, 2.05) is 59.7 Å². The molecule has 1 aromatic carbocycles. The summed E-state index contributed by atoms with van der Waals surface area (Å²) in [4.78, 5) is 26.8. The van der Waals surface area contributed by atoms with Gasteiger partial charge in [-0.2, -0.15) is 0 Å². The lowest BCUT2D eigenvalue weighted by atomic mass is 9.57. The molecule has 160 valence electrons. The molecule has 1 aliphatic carbocycles. The normalized spacial score (nSPS) is 18.9. The average Bonchev–Trinajstić information content (AvgIpc) is 2.48. The molecule has 1 spiro atoms. The number of aryl methyl sites for hydroxylation is 1. The van der Waals surface area contributed by atoms with Crippen LogP contribution in [-0.2, 0) is 9.59 Å². The van der Waals surface area contributed by atoms with Gasteiger partial charge in [0.15, 0.2) is 0 Å².